The number of ketones is 1. The monoisotopic (exact) mass is 494 g/mol. The number of carboxylic acid groups (broad SMARTS) is 1. The Morgan fingerprint density at radius 2 is 1.83 bits per heavy atom. The zero-order valence-corrected chi connectivity index (χ0v) is 21.2. The average Bonchev–Trinajstić information content (AvgIpc) is 2.92. The normalized spacial score (nSPS) is 46.8. The lowest BCUT2D eigenvalue weighted by molar-refractivity contribution is -0.237. The number of aliphatic hydroxyl groups excluding tert-OH is 1. The third-order valence-corrected chi connectivity index (χ3v) is 9.44. The number of carboxylic acids is 1. The van der Waals surface area contributed by atoms with E-state index in [9.17, 15) is 24.6 Å². The molecule has 0 aromatic heterocycles. The molecule has 35 heavy (non-hydrogen) atoms. The van der Waals surface area contributed by atoms with E-state index in [2.05, 4.69) is 0 Å². The molecule has 4 aliphatic carbocycles. The Morgan fingerprint density at radius 3 is 2.40 bits per heavy atom. The molecule has 8 heteroatoms. The summed E-state index contributed by atoms with van der Waals surface area (Å²) in [5.41, 5.74) is -7.59. The molecule has 0 saturated heterocycles. The number of ether oxygens (including phenoxy) is 1. The second-order valence-corrected chi connectivity index (χ2v) is 12.7. The van der Waals surface area contributed by atoms with Gasteiger partial charge in [0.15, 0.2) is 11.5 Å². The summed E-state index contributed by atoms with van der Waals surface area (Å²) in [5.74, 6) is -4.80. The van der Waals surface area contributed by atoms with Crippen LogP contribution in [0.3, 0.4) is 0 Å². The lowest BCUT2D eigenvalue weighted by Crippen LogP contribution is -2.71. The summed E-state index contributed by atoms with van der Waals surface area (Å²) < 4.78 is 38.6. The average molecular weight is 495 g/mol. The predicted molar refractivity (Wildman–Crippen MR) is 124 cm³/mol. The molecule has 0 spiro atoms. The minimum Gasteiger partial charge on any atom is -0.478 e. The number of aliphatic hydroxyl groups is 1. The van der Waals surface area contributed by atoms with Crippen molar-refractivity contribution < 1.29 is 38.1 Å². The van der Waals surface area contributed by atoms with Crippen LogP contribution >= 0.6 is 0 Å². The second kappa shape index (κ2) is 7.70. The van der Waals surface area contributed by atoms with Gasteiger partial charge < -0.3 is 14.9 Å². The third-order valence-electron chi connectivity index (χ3n) is 9.44. The van der Waals surface area contributed by atoms with Crippen LogP contribution in [0.4, 0.5) is 8.78 Å². The highest BCUT2D eigenvalue weighted by Crippen LogP contribution is 2.71. The molecule has 0 aromatic carbocycles. The van der Waals surface area contributed by atoms with Crippen LogP contribution in [0.5, 0.6) is 0 Å². The molecule has 4 aliphatic rings. The number of rotatable bonds is 3. The molecule has 0 aliphatic heterocycles. The van der Waals surface area contributed by atoms with Crippen LogP contribution in [0.25, 0.3) is 0 Å². The maximum atomic E-state index is 17.2. The quantitative estimate of drug-likeness (QED) is 0.566. The number of carbonyl (C=O) groups excluding carboxylic acids is 2. The minimum absolute atomic E-state index is 0.00781. The van der Waals surface area contributed by atoms with E-state index in [4.69, 9.17) is 4.74 Å². The summed E-state index contributed by atoms with van der Waals surface area (Å²) in [4.78, 5) is 37.7. The van der Waals surface area contributed by atoms with Crippen molar-refractivity contribution in [2.45, 2.75) is 90.8 Å². The van der Waals surface area contributed by atoms with Crippen LogP contribution in [0.2, 0.25) is 0 Å². The van der Waals surface area contributed by atoms with Crippen molar-refractivity contribution in [3.63, 3.8) is 0 Å². The van der Waals surface area contributed by atoms with Crippen LogP contribution in [0, 0.1) is 34.0 Å². The summed E-state index contributed by atoms with van der Waals surface area (Å²) >= 11 is 0. The topological polar surface area (TPSA) is 101 Å². The maximum absolute atomic E-state index is 17.2. The van der Waals surface area contributed by atoms with Crippen LogP contribution in [-0.4, -0.2) is 51.5 Å². The van der Waals surface area contributed by atoms with Gasteiger partial charge >= 0.3 is 11.9 Å². The van der Waals surface area contributed by atoms with Gasteiger partial charge in [0.05, 0.1) is 12.5 Å². The van der Waals surface area contributed by atoms with Gasteiger partial charge in [-0.05, 0) is 55.2 Å². The Labute approximate surface area is 204 Å². The van der Waals surface area contributed by atoms with Gasteiger partial charge in [-0.2, -0.15) is 0 Å². The van der Waals surface area contributed by atoms with Crippen LogP contribution < -0.4 is 0 Å². The van der Waals surface area contributed by atoms with Gasteiger partial charge in [-0.1, -0.05) is 40.7 Å². The number of carbonyl (C=O) groups is 3. The van der Waals surface area contributed by atoms with Crippen molar-refractivity contribution in [1.29, 1.82) is 0 Å². The lowest BCUT2D eigenvalue weighted by Gasteiger charge is -2.62. The van der Waals surface area contributed by atoms with Crippen molar-refractivity contribution in [3.8, 4) is 0 Å². The molecule has 6 nitrogen and oxygen atoms in total. The molecule has 2 N–H and O–H groups in total. The van der Waals surface area contributed by atoms with Gasteiger partial charge in [-0.15, -0.1) is 0 Å². The van der Waals surface area contributed by atoms with Gasteiger partial charge in [-0.3, -0.25) is 9.59 Å². The van der Waals surface area contributed by atoms with Gasteiger partial charge in [0.2, 0.25) is 5.60 Å². The summed E-state index contributed by atoms with van der Waals surface area (Å²) in [6.07, 6.45) is 0.0464. The molecule has 194 valence electrons. The largest absolute Gasteiger partial charge is 0.478 e. The molecule has 0 bridgehead atoms. The number of hydrogen-bond acceptors (Lipinski definition) is 5. The molecule has 9 atom stereocenters. The van der Waals surface area contributed by atoms with E-state index in [1.807, 2.05) is 20.8 Å². The molecule has 0 amide bonds. The highest BCUT2D eigenvalue weighted by molar-refractivity contribution is 6.01. The Hall–Kier alpha value is -2.09. The number of halogens is 2. The fourth-order valence-electron chi connectivity index (χ4n) is 7.89. The number of esters is 1. The van der Waals surface area contributed by atoms with E-state index in [1.165, 1.54) is 19.1 Å². The number of fused-ring (bicyclic) bond motifs is 5. The predicted octanol–water partition coefficient (Wildman–Crippen LogP) is 4.35. The standard InChI is InChI=1S/C27H36F2O6/c1-14-9-16-17-11-19(28)18-10-15(30)7-8-24(18,5)26(17,29)20(31)12-25(16,6)27(14,22(33)34)35-21(32)13-23(2,3)4/h7-8,10,14,16-17,19-20,31H,9,11-13H2,1-6H3,(H,33,34)/t14-,16+,17+,19+,20+,24+,25+,26+,27+/m1/s1. The van der Waals surface area contributed by atoms with E-state index in [-0.39, 0.29) is 31.3 Å². The number of allylic oxidation sites excluding steroid dienone is 4. The fraction of sp³-hybridized carbons (Fsp3) is 0.741. The molecule has 4 rings (SSSR count). The number of hydrogen-bond donors (Lipinski definition) is 2. The summed E-state index contributed by atoms with van der Waals surface area (Å²) in [7, 11) is 0. The zero-order chi connectivity index (χ0) is 26.4. The first-order valence-corrected chi connectivity index (χ1v) is 12.4. The van der Waals surface area contributed by atoms with Gasteiger partial charge in [0.25, 0.3) is 0 Å². The summed E-state index contributed by atoms with van der Waals surface area (Å²) in [5, 5.41) is 21.8. The van der Waals surface area contributed by atoms with Crippen LogP contribution in [0.15, 0.2) is 23.8 Å². The molecule has 0 heterocycles. The van der Waals surface area contributed by atoms with Crippen molar-refractivity contribution in [2.75, 3.05) is 0 Å². The number of aliphatic carboxylic acids is 1. The van der Waals surface area contributed by atoms with E-state index < -0.39 is 75.3 Å². The van der Waals surface area contributed by atoms with Crippen molar-refractivity contribution in [1.82, 2.24) is 0 Å². The van der Waals surface area contributed by atoms with Gasteiger partial charge in [0, 0.05) is 22.7 Å². The van der Waals surface area contributed by atoms with Gasteiger partial charge in [-0.25, -0.2) is 13.6 Å². The second-order valence-electron chi connectivity index (χ2n) is 12.7. The van der Waals surface area contributed by atoms with Crippen LogP contribution in [0.1, 0.15) is 67.2 Å². The number of alkyl halides is 2. The highest BCUT2D eigenvalue weighted by atomic mass is 19.1. The molecular weight excluding hydrogens is 458 g/mol. The fourth-order valence-corrected chi connectivity index (χ4v) is 7.89. The highest BCUT2D eigenvalue weighted by Gasteiger charge is 2.78. The van der Waals surface area contributed by atoms with Crippen molar-refractivity contribution in [3.05, 3.63) is 23.8 Å². The summed E-state index contributed by atoms with van der Waals surface area (Å²) in [6.45, 7) is 10.3. The first kappa shape index (κ1) is 26.0. The Balaban J connectivity index is 1.82. The summed E-state index contributed by atoms with van der Waals surface area (Å²) in [6, 6.07) is 0. The van der Waals surface area contributed by atoms with E-state index in [1.54, 1.807) is 13.8 Å². The molecule has 0 radical (unpaired) electrons. The smallest absolute Gasteiger partial charge is 0.349 e. The van der Waals surface area contributed by atoms with Gasteiger partial charge in [0.1, 0.15) is 6.17 Å². The van der Waals surface area contributed by atoms with Crippen molar-refractivity contribution in [2.24, 2.45) is 34.0 Å². The van der Waals surface area contributed by atoms with Crippen LogP contribution in [-0.2, 0) is 19.1 Å². The molecular formula is C27H36F2O6. The van der Waals surface area contributed by atoms with E-state index >= 15 is 8.78 Å². The molecule has 0 aromatic rings. The first-order valence-electron chi connectivity index (χ1n) is 12.4. The third kappa shape index (κ3) is 3.31. The maximum Gasteiger partial charge on any atom is 0.349 e. The van der Waals surface area contributed by atoms with Crippen molar-refractivity contribution >= 4 is 17.7 Å². The van der Waals surface area contributed by atoms with E-state index in [0.29, 0.717) is 0 Å². The van der Waals surface area contributed by atoms with E-state index in [0.717, 1.165) is 6.08 Å². The molecule has 0 unspecified atom stereocenters. The molecule has 3 saturated carbocycles. The lowest BCUT2D eigenvalue weighted by atomic mass is 9.44. The Kier molecular flexibility index (Phi) is 5.72. The first-order chi connectivity index (χ1) is 15.9. The zero-order valence-electron chi connectivity index (χ0n) is 21.2. The Morgan fingerprint density at radius 1 is 1.20 bits per heavy atom. The SMILES string of the molecule is C[C@@H]1C[C@H]2[C@@H]3C[C@H](F)C4=CC(=O)C=C[C@]4(C)[C@@]3(F)[C@@H](O)C[C@]2(C)[C@@]1(OC(=O)CC(C)(C)C)C(=O)O. The minimum atomic E-state index is -2.31. The molecule has 3 fully saturated rings. The Bertz CT molecular complexity index is 1030.